The normalized spacial score (nSPS) is 18.4. The Morgan fingerprint density at radius 3 is 2.80 bits per heavy atom. The van der Waals surface area contributed by atoms with Crippen LogP contribution in [0, 0.1) is 12.8 Å². The van der Waals surface area contributed by atoms with Crippen molar-refractivity contribution in [3.63, 3.8) is 0 Å². The van der Waals surface area contributed by atoms with E-state index >= 15 is 0 Å². The molecule has 138 valence electrons. The number of carbonyl (C=O) groups is 2. The fourth-order valence-corrected chi connectivity index (χ4v) is 3.39. The average molecular weight is 346 g/mol. The van der Waals surface area contributed by atoms with Gasteiger partial charge in [-0.3, -0.25) is 14.5 Å². The van der Waals surface area contributed by atoms with Crippen LogP contribution in [0.25, 0.3) is 0 Å². The van der Waals surface area contributed by atoms with Crippen LogP contribution in [0.3, 0.4) is 0 Å². The first kappa shape index (κ1) is 19.4. The van der Waals surface area contributed by atoms with Crippen molar-refractivity contribution >= 4 is 11.9 Å². The number of likely N-dealkylation sites (tertiary alicyclic amines) is 1. The Hall–Kier alpha value is -1.88. The third-order valence-corrected chi connectivity index (χ3v) is 4.97. The van der Waals surface area contributed by atoms with Crippen molar-refractivity contribution in [2.75, 3.05) is 33.3 Å². The van der Waals surface area contributed by atoms with Gasteiger partial charge in [-0.15, -0.1) is 0 Å². The first-order valence-electron chi connectivity index (χ1n) is 9.19. The molecule has 1 heterocycles. The van der Waals surface area contributed by atoms with E-state index in [-0.39, 0.29) is 11.9 Å². The number of benzene rings is 1. The Labute approximate surface area is 150 Å². The van der Waals surface area contributed by atoms with Crippen LogP contribution >= 0.6 is 0 Å². The topological polar surface area (TPSA) is 58.6 Å². The number of hydrogen-bond acceptors (Lipinski definition) is 4. The first-order chi connectivity index (χ1) is 12.1. The van der Waals surface area contributed by atoms with E-state index in [1.807, 2.05) is 12.1 Å². The highest BCUT2D eigenvalue weighted by molar-refractivity contribution is 5.78. The Morgan fingerprint density at radius 2 is 2.04 bits per heavy atom. The Bertz CT molecular complexity index is 574. The maximum Gasteiger partial charge on any atom is 0.305 e. The van der Waals surface area contributed by atoms with Gasteiger partial charge in [-0.05, 0) is 62.7 Å². The molecule has 0 unspecified atom stereocenters. The van der Waals surface area contributed by atoms with Crippen molar-refractivity contribution in [2.45, 2.75) is 39.0 Å². The molecule has 0 bridgehead atoms. The van der Waals surface area contributed by atoms with Gasteiger partial charge in [0.05, 0.1) is 13.7 Å². The summed E-state index contributed by atoms with van der Waals surface area (Å²) in [6.45, 7) is 5.00. The molecule has 0 radical (unpaired) electrons. The zero-order valence-corrected chi connectivity index (χ0v) is 15.4. The molecule has 0 aromatic heterocycles. The Morgan fingerprint density at radius 1 is 1.24 bits per heavy atom. The van der Waals surface area contributed by atoms with E-state index in [0.29, 0.717) is 25.4 Å². The molecule has 0 spiro atoms. The number of ether oxygens (including phenoxy) is 1. The Balaban J connectivity index is 1.68. The largest absolute Gasteiger partial charge is 0.469 e. The summed E-state index contributed by atoms with van der Waals surface area (Å²) in [5.41, 5.74) is 2.55. The zero-order valence-electron chi connectivity index (χ0n) is 15.4. The predicted molar refractivity (Wildman–Crippen MR) is 98.3 cm³/mol. The van der Waals surface area contributed by atoms with E-state index in [0.717, 1.165) is 38.8 Å². The number of nitrogens with one attached hydrogen (secondary N) is 1. The molecule has 1 saturated heterocycles. The fraction of sp³-hybridized carbons (Fsp3) is 0.600. The van der Waals surface area contributed by atoms with Crippen LogP contribution in [0.4, 0.5) is 0 Å². The summed E-state index contributed by atoms with van der Waals surface area (Å²) < 4.78 is 4.76. The molecule has 1 atom stereocenters. The van der Waals surface area contributed by atoms with Crippen molar-refractivity contribution in [1.29, 1.82) is 0 Å². The van der Waals surface area contributed by atoms with E-state index in [9.17, 15) is 9.59 Å². The van der Waals surface area contributed by atoms with Crippen molar-refractivity contribution in [3.8, 4) is 0 Å². The van der Waals surface area contributed by atoms with Gasteiger partial charge in [-0.2, -0.15) is 0 Å². The second kappa shape index (κ2) is 10.2. The van der Waals surface area contributed by atoms with Gasteiger partial charge in [-0.1, -0.05) is 24.3 Å². The first-order valence-corrected chi connectivity index (χ1v) is 9.19. The lowest BCUT2D eigenvalue weighted by atomic mass is 9.97. The lowest BCUT2D eigenvalue weighted by Crippen LogP contribution is -2.38. The monoisotopic (exact) mass is 346 g/mol. The smallest absolute Gasteiger partial charge is 0.305 e. The van der Waals surface area contributed by atoms with Gasteiger partial charge in [0.15, 0.2) is 0 Å². The van der Waals surface area contributed by atoms with E-state index in [4.69, 9.17) is 4.74 Å². The van der Waals surface area contributed by atoms with Crippen molar-refractivity contribution in [3.05, 3.63) is 35.4 Å². The van der Waals surface area contributed by atoms with E-state index < -0.39 is 0 Å². The van der Waals surface area contributed by atoms with Gasteiger partial charge in [0.25, 0.3) is 0 Å². The number of methoxy groups -OCH3 is 1. The Kier molecular flexibility index (Phi) is 7.92. The van der Waals surface area contributed by atoms with Crippen LogP contribution in [-0.2, 0) is 20.7 Å². The highest BCUT2D eigenvalue weighted by Crippen LogP contribution is 2.21. The minimum atomic E-state index is -0.132. The minimum Gasteiger partial charge on any atom is -0.469 e. The predicted octanol–water partition coefficient (Wildman–Crippen LogP) is 2.32. The molecule has 5 nitrogen and oxygen atoms in total. The molecule has 5 heteroatoms. The summed E-state index contributed by atoms with van der Waals surface area (Å²) in [5, 5.41) is 3.02. The highest BCUT2D eigenvalue weighted by Gasteiger charge is 2.21. The van der Waals surface area contributed by atoms with Gasteiger partial charge in [0.2, 0.25) is 5.91 Å². The van der Waals surface area contributed by atoms with Crippen LogP contribution < -0.4 is 5.32 Å². The number of carbonyl (C=O) groups excluding carboxylic acids is 2. The molecule has 25 heavy (non-hydrogen) atoms. The van der Waals surface area contributed by atoms with Crippen LogP contribution in [0.5, 0.6) is 0 Å². The molecular formula is C20H30N2O3. The second-order valence-corrected chi connectivity index (χ2v) is 6.88. The van der Waals surface area contributed by atoms with Gasteiger partial charge in [0.1, 0.15) is 0 Å². The molecule has 1 aromatic rings. The van der Waals surface area contributed by atoms with Crippen molar-refractivity contribution < 1.29 is 14.3 Å². The molecule has 1 aliphatic rings. The summed E-state index contributed by atoms with van der Waals surface area (Å²) in [4.78, 5) is 25.8. The number of nitrogens with zero attached hydrogens (tertiary/aromatic N) is 1. The summed E-state index contributed by atoms with van der Waals surface area (Å²) in [6, 6.07) is 8.27. The molecule has 1 aromatic carbocycles. The maximum atomic E-state index is 12.2. The summed E-state index contributed by atoms with van der Waals surface area (Å²) in [7, 11) is 1.44. The highest BCUT2D eigenvalue weighted by atomic mass is 16.5. The number of esters is 1. The second-order valence-electron chi connectivity index (χ2n) is 6.88. The fourth-order valence-electron chi connectivity index (χ4n) is 3.39. The number of amides is 1. The molecule has 0 saturated carbocycles. The lowest BCUT2D eigenvalue weighted by Gasteiger charge is -2.19. The van der Waals surface area contributed by atoms with Gasteiger partial charge >= 0.3 is 5.97 Å². The lowest BCUT2D eigenvalue weighted by molar-refractivity contribution is -0.141. The van der Waals surface area contributed by atoms with Crippen LogP contribution in [-0.4, -0.2) is 50.1 Å². The van der Waals surface area contributed by atoms with Gasteiger partial charge in [0, 0.05) is 13.0 Å². The van der Waals surface area contributed by atoms with Crippen LogP contribution in [0.15, 0.2) is 24.3 Å². The number of hydrogen-bond donors (Lipinski definition) is 1. The molecular weight excluding hydrogens is 316 g/mol. The maximum absolute atomic E-state index is 12.2. The molecule has 2 rings (SSSR count). The van der Waals surface area contributed by atoms with Crippen molar-refractivity contribution in [2.24, 2.45) is 5.92 Å². The van der Waals surface area contributed by atoms with Gasteiger partial charge in [-0.25, -0.2) is 0 Å². The molecule has 1 aliphatic heterocycles. The summed E-state index contributed by atoms with van der Waals surface area (Å²) in [5.74, 6) is 0.328. The molecule has 1 amide bonds. The van der Waals surface area contributed by atoms with Crippen LogP contribution in [0.1, 0.15) is 36.8 Å². The standard InChI is InChI=1S/C20H30N2O3/c1-16-6-3-4-8-18(16)9-11-21-19(23)15-22-12-5-7-17(10-13-22)14-20(24)25-2/h3-4,6,8,17H,5,7,9-15H2,1-2H3,(H,21,23)/t17-/m1/s1. The SMILES string of the molecule is COC(=O)C[C@@H]1CCCN(CC(=O)NCCc2ccccc2C)CC1. The van der Waals surface area contributed by atoms with Gasteiger partial charge < -0.3 is 10.1 Å². The van der Waals surface area contributed by atoms with E-state index in [2.05, 4.69) is 29.3 Å². The number of rotatable bonds is 7. The summed E-state index contributed by atoms with van der Waals surface area (Å²) in [6.07, 6.45) is 4.36. The molecule has 1 fully saturated rings. The third-order valence-electron chi connectivity index (χ3n) is 4.97. The molecule has 0 aliphatic carbocycles. The molecule has 1 N–H and O–H groups in total. The quantitative estimate of drug-likeness (QED) is 0.770. The zero-order chi connectivity index (χ0) is 18.1. The average Bonchev–Trinajstić information content (AvgIpc) is 2.81. The minimum absolute atomic E-state index is 0.0833. The third kappa shape index (κ3) is 6.86. The van der Waals surface area contributed by atoms with E-state index in [1.54, 1.807) is 0 Å². The van der Waals surface area contributed by atoms with Crippen LogP contribution in [0.2, 0.25) is 0 Å². The van der Waals surface area contributed by atoms with E-state index in [1.165, 1.54) is 18.2 Å². The number of aryl methyl sites for hydroxylation is 1. The van der Waals surface area contributed by atoms with Crippen molar-refractivity contribution in [1.82, 2.24) is 10.2 Å². The summed E-state index contributed by atoms with van der Waals surface area (Å²) >= 11 is 0.